The van der Waals surface area contributed by atoms with Crippen molar-refractivity contribution in [2.75, 3.05) is 0 Å². The van der Waals surface area contributed by atoms with Crippen LogP contribution in [0.5, 0.6) is 0 Å². The Morgan fingerprint density at radius 2 is 1.77 bits per heavy atom. The quantitative estimate of drug-likeness (QED) is 0.459. The van der Waals surface area contributed by atoms with Crippen molar-refractivity contribution >= 4 is 17.7 Å². The van der Waals surface area contributed by atoms with E-state index in [1.54, 1.807) is 30.3 Å². The Labute approximate surface area is 153 Å². The molecule has 3 rings (SSSR count). The van der Waals surface area contributed by atoms with Gasteiger partial charge in [0.05, 0.1) is 0 Å². The van der Waals surface area contributed by atoms with Crippen molar-refractivity contribution in [1.29, 1.82) is 0 Å². The van der Waals surface area contributed by atoms with Crippen LogP contribution in [0.3, 0.4) is 0 Å². The average Bonchev–Trinajstić information content (AvgIpc) is 2.67. The second kappa shape index (κ2) is 7.06. The number of carbonyl (C=O) groups excluding carboxylic acids is 3. The fourth-order valence-corrected chi connectivity index (χ4v) is 3.81. The summed E-state index contributed by atoms with van der Waals surface area (Å²) < 4.78 is 11.1. The smallest absolute Gasteiger partial charge is 0.360 e. The van der Waals surface area contributed by atoms with Gasteiger partial charge in [0.15, 0.2) is 5.78 Å². The lowest BCUT2D eigenvalue weighted by Gasteiger charge is -2.42. The molecule has 0 radical (unpaired) electrons. The monoisotopic (exact) mass is 356 g/mol. The number of benzene rings is 1. The SMILES string of the molecule is C=CC[C@]1(C(=O)C2CCCCC2)OC(=O)[C@](C)(c2ccccc2)OC1=O. The number of esters is 2. The summed E-state index contributed by atoms with van der Waals surface area (Å²) in [6.07, 6.45) is 5.72. The van der Waals surface area contributed by atoms with Crippen LogP contribution in [0.25, 0.3) is 0 Å². The van der Waals surface area contributed by atoms with Crippen LogP contribution in [0.1, 0.15) is 51.0 Å². The summed E-state index contributed by atoms with van der Waals surface area (Å²) >= 11 is 0. The van der Waals surface area contributed by atoms with Crippen molar-refractivity contribution in [2.24, 2.45) is 5.92 Å². The minimum Gasteiger partial charge on any atom is -0.439 e. The largest absolute Gasteiger partial charge is 0.439 e. The van der Waals surface area contributed by atoms with E-state index in [0.717, 1.165) is 19.3 Å². The number of cyclic esters (lactones) is 2. The van der Waals surface area contributed by atoms with E-state index in [0.29, 0.717) is 18.4 Å². The van der Waals surface area contributed by atoms with Crippen molar-refractivity contribution < 1.29 is 23.9 Å². The number of ether oxygens (including phenoxy) is 2. The second-order valence-corrected chi connectivity index (χ2v) is 7.20. The lowest BCUT2D eigenvalue weighted by molar-refractivity contribution is -0.226. The Hall–Kier alpha value is -2.43. The molecule has 1 heterocycles. The summed E-state index contributed by atoms with van der Waals surface area (Å²) in [6, 6.07) is 8.69. The summed E-state index contributed by atoms with van der Waals surface area (Å²) in [7, 11) is 0. The van der Waals surface area contributed by atoms with Gasteiger partial charge in [0.1, 0.15) is 0 Å². The molecule has 0 bridgehead atoms. The molecule has 1 aliphatic carbocycles. The lowest BCUT2D eigenvalue weighted by Crippen LogP contribution is -2.62. The second-order valence-electron chi connectivity index (χ2n) is 7.20. The molecule has 0 N–H and O–H groups in total. The molecule has 0 unspecified atom stereocenters. The van der Waals surface area contributed by atoms with Crippen LogP contribution >= 0.6 is 0 Å². The van der Waals surface area contributed by atoms with Gasteiger partial charge in [-0.15, -0.1) is 6.58 Å². The van der Waals surface area contributed by atoms with Gasteiger partial charge in [0.2, 0.25) is 5.60 Å². The van der Waals surface area contributed by atoms with Gasteiger partial charge in [0.25, 0.3) is 5.60 Å². The molecular formula is C21H24O5. The highest BCUT2D eigenvalue weighted by Gasteiger charge is 2.61. The third kappa shape index (κ3) is 2.96. The van der Waals surface area contributed by atoms with Gasteiger partial charge in [-0.1, -0.05) is 55.7 Å². The van der Waals surface area contributed by atoms with Crippen LogP contribution in [0, 0.1) is 5.92 Å². The number of Topliss-reactive ketones (excluding diaryl/α,β-unsaturated/α-hetero) is 1. The summed E-state index contributed by atoms with van der Waals surface area (Å²) in [4.78, 5) is 39.0. The third-order valence-corrected chi connectivity index (χ3v) is 5.41. The van der Waals surface area contributed by atoms with Crippen LogP contribution in [-0.2, 0) is 29.5 Å². The van der Waals surface area contributed by atoms with E-state index in [4.69, 9.17) is 9.47 Å². The fourth-order valence-electron chi connectivity index (χ4n) is 3.81. The molecule has 5 heteroatoms. The predicted molar refractivity (Wildman–Crippen MR) is 95.1 cm³/mol. The summed E-state index contributed by atoms with van der Waals surface area (Å²) in [5.74, 6) is -2.18. The lowest BCUT2D eigenvalue weighted by atomic mass is 9.77. The highest BCUT2D eigenvalue weighted by atomic mass is 16.7. The van der Waals surface area contributed by atoms with Gasteiger partial charge < -0.3 is 9.47 Å². The minimum absolute atomic E-state index is 0.0717. The molecular weight excluding hydrogens is 332 g/mol. The highest BCUT2D eigenvalue weighted by molar-refractivity contribution is 6.12. The maximum absolute atomic E-state index is 13.1. The maximum atomic E-state index is 13.1. The zero-order chi connectivity index (χ0) is 18.8. The van der Waals surface area contributed by atoms with E-state index < -0.39 is 23.1 Å². The van der Waals surface area contributed by atoms with Crippen LogP contribution in [0.15, 0.2) is 43.0 Å². The Bertz CT molecular complexity index is 719. The number of carbonyl (C=O) groups is 3. The molecule has 26 heavy (non-hydrogen) atoms. The minimum atomic E-state index is -1.91. The molecule has 1 saturated heterocycles. The van der Waals surface area contributed by atoms with E-state index in [9.17, 15) is 14.4 Å². The van der Waals surface area contributed by atoms with E-state index in [1.807, 2.05) is 0 Å². The van der Waals surface area contributed by atoms with Crippen molar-refractivity contribution in [3.05, 3.63) is 48.6 Å². The molecule has 2 aliphatic rings. The van der Waals surface area contributed by atoms with E-state index in [-0.39, 0.29) is 18.1 Å². The Morgan fingerprint density at radius 1 is 1.12 bits per heavy atom. The van der Waals surface area contributed by atoms with Crippen LogP contribution < -0.4 is 0 Å². The first-order valence-corrected chi connectivity index (χ1v) is 9.11. The predicted octanol–water partition coefficient (Wildman–Crippen LogP) is 3.47. The van der Waals surface area contributed by atoms with Crippen LogP contribution in [-0.4, -0.2) is 23.3 Å². The highest BCUT2D eigenvalue weighted by Crippen LogP contribution is 2.40. The molecule has 1 aromatic rings. The number of hydrogen-bond donors (Lipinski definition) is 0. The molecule has 1 aliphatic heterocycles. The first-order chi connectivity index (χ1) is 12.4. The molecule has 2 atom stereocenters. The summed E-state index contributed by atoms with van der Waals surface area (Å²) in [5, 5.41) is 0. The summed E-state index contributed by atoms with van der Waals surface area (Å²) in [6.45, 7) is 5.12. The maximum Gasteiger partial charge on any atom is 0.360 e. The fraction of sp³-hybridized carbons (Fsp3) is 0.476. The third-order valence-electron chi connectivity index (χ3n) is 5.41. The van der Waals surface area contributed by atoms with E-state index in [2.05, 4.69) is 6.58 Å². The first-order valence-electron chi connectivity index (χ1n) is 9.11. The molecule has 1 saturated carbocycles. The molecule has 5 nitrogen and oxygen atoms in total. The molecule has 1 aromatic carbocycles. The van der Waals surface area contributed by atoms with E-state index in [1.165, 1.54) is 13.0 Å². The van der Waals surface area contributed by atoms with Crippen LogP contribution in [0.2, 0.25) is 0 Å². The Balaban J connectivity index is 1.94. The van der Waals surface area contributed by atoms with Crippen LogP contribution in [0.4, 0.5) is 0 Å². The molecule has 0 amide bonds. The Kier molecular flexibility index (Phi) is 4.99. The number of rotatable bonds is 5. The van der Waals surface area contributed by atoms with Crippen molar-refractivity contribution in [1.82, 2.24) is 0 Å². The summed E-state index contributed by atoms with van der Waals surface area (Å²) in [5.41, 5.74) is -2.96. The van der Waals surface area contributed by atoms with Gasteiger partial charge >= 0.3 is 11.9 Å². The number of hydrogen-bond acceptors (Lipinski definition) is 5. The zero-order valence-corrected chi connectivity index (χ0v) is 15.0. The standard InChI is InChI=1S/C21H24O5/c1-3-14-21(17(22)15-10-6-4-7-11-15)19(24)25-20(2,18(23)26-21)16-12-8-5-9-13-16/h3,5,8-9,12-13,15H,1,4,6-7,10-11,14H2,2H3/t20-,21+/m0/s1. The first kappa shape index (κ1) is 18.4. The van der Waals surface area contributed by atoms with Gasteiger partial charge in [0, 0.05) is 17.9 Å². The molecule has 0 spiro atoms. The Morgan fingerprint density at radius 3 is 2.38 bits per heavy atom. The van der Waals surface area contributed by atoms with Crippen molar-refractivity contribution in [2.45, 2.75) is 56.7 Å². The van der Waals surface area contributed by atoms with E-state index >= 15 is 0 Å². The van der Waals surface area contributed by atoms with Gasteiger partial charge in [-0.05, 0) is 19.8 Å². The average molecular weight is 356 g/mol. The van der Waals surface area contributed by atoms with Gasteiger partial charge in [-0.25, -0.2) is 9.59 Å². The topological polar surface area (TPSA) is 69.7 Å². The van der Waals surface area contributed by atoms with Crippen molar-refractivity contribution in [3.63, 3.8) is 0 Å². The molecule has 0 aromatic heterocycles. The van der Waals surface area contributed by atoms with Gasteiger partial charge in [-0.3, -0.25) is 4.79 Å². The normalized spacial score (nSPS) is 29.6. The van der Waals surface area contributed by atoms with Gasteiger partial charge in [-0.2, -0.15) is 0 Å². The number of ketones is 1. The zero-order valence-electron chi connectivity index (χ0n) is 15.0. The van der Waals surface area contributed by atoms with Crippen molar-refractivity contribution in [3.8, 4) is 0 Å². The molecule has 138 valence electrons. The molecule has 2 fully saturated rings.